The number of ether oxygens (including phenoxy) is 1. The smallest absolute Gasteiger partial charge is 0.282 e. The summed E-state index contributed by atoms with van der Waals surface area (Å²) < 4.78 is 18.7. The number of para-hydroxylation sites is 1. The highest BCUT2D eigenvalue weighted by Gasteiger charge is 2.34. The van der Waals surface area contributed by atoms with Gasteiger partial charge in [0.15, 0.2) is 6.61 Å². The molecule has 0 radical (unpaired) electrons. The van der Waals surface area contributed by atoms with Crippen LogP contribution in [0.2, 0.25) is 0 Å². The number of hydrogen-bond donors (Lipinski definition) is 2. The van der Waals surface area contributed by atoms with Gasteiger partial charge in [-0.3, -0.25) is 19.8 Å². The Morgan fingerprint density at radius 3 is 2.56 bits per heavy atom. The Kier molecular flexibility index (Phi) is 5.94. The molecule has 1 fully saturated rings. The van der Waals surface area contributed by atoms with E-state index in [1.807, 2.05) is 6.07 Å². The summed E-state index contributed by atoms with van der Waals surface area (Å²) in [7, 11) is 0. The van der Waals surface area contributed by atoms with Gasteiger partial charge in [-0.2, -0.15) is 0 Å². The summed E-state index contributed by atoms with van der Waals surface area (Å²) >= 11 is 0. The number of amides is 3. The van der Waals surface area contributed by atoms with E-state index in [0.717, 1.165) is 0 Å². The van der Waals surface area contributed by atoms with Crippen LogP contribution in [-0.4, -0.2) is 24.3 Å². The summed E-state index contributed by atoms with van der Waals surface area (Å²) in [4.78, 5) is 37.0. The first-order chi connectivity index (χ1) is 15.5. The molecule has 4 rings (SSSR count). The van der Waals surface area contributed by atoms with Crippen molar-refractivity contribution in [1.82, 2.24) is 5.43 Å². The molecule has 0 atom stereocenters. The SMILES string of the molecule is O=C(COc1cccc(/C=C2/C(=O)NN(c3ccccc3)C2=O)c1)Nc1cccc(F)c1. The van der Waals surface area contributed by atoms with Crippen LogP contribution in [0.3, 0.4) is 0 Å². The summed E-state index contributed by atoms with van der Waals surface area (Å²) in [5.74, 6) is -1.52. The number of nitrogens with zero attached hydrogens (tertiary/aromatic N) is 1. The Bertz CT molecular complexity index is 1210. The molecule has 0 aromatic heterocycles. The van der Waals surface area contributed by atoms with Gasteiger partial charge in [0.05, 0.1) is 5.69 Å². The van der Waals surface area contributed by atoms with Gasteiger partial charge in [0.1, 0.15) is 17.1 Å². The number of benzene rings is 3. The van der Waals surface area contributed by atoms with Gasteiger partial charge in [-0.1, -0.05) is 36.4 Å². The van der Waals surface area contributed by atoms with Crippen molar-refractivity contribution in [3.63, 3.8) is 0 Å². The molecule has 2 N–H and O–H groups in total. The van der Waals surface area contributed by atoms with E-state index in [9.17, 15) is 18.8 Å². The molecule has 1 saturated heterocycles. The molecule has 0 unspecified atom stereocenters. The molecule has 7 nitrogen and oxygen atoms in total. The highest BCUT2D eigenvalue weighted by Crippen LogP contribution is 2.22. The third-order valence-corrected chi connectivity index (χ3v) is 4.55. The van der Waals surface area contributed by atoms with Crippen molar-refractivity contribution in [3.05, 3.63) is 95.8 Å². The van der Waals surface area contributed by atoms with Gasteiger partial charge in [0.25, 0.3) is 17.7 Å². The summed E-state index contributed by atoms with van der Waals surface area (Å²) in [6, 6.07) is 20.9. The van der Waals surface area contributed by atoms with E-state index >= 15 is 0 Å². The fourth-order valence-electron chi connectivity index (χ4n) is 3.09. The lowest BCUT2D eigenvalue weighted by Gasteiger charge is -2.13. The minimum absolute atomic E-state index is 0.0187. The van der Waals surface area contributed by atoms with Gasteiger partial charge in [-0.15, -0.1) is 0 Å². The first-order valence-electron chi connectivity index (χ1n) is 9.70. The van der Waals surface area contributed by atoms with Gasteiger partial charge >= 0.3 is 0 Å². The van der Waals surface area contributed by atoms with Gasteiger partial charge in [0, 0.05) is 5.69 Å². The van der Waals surface area contributed by atoms with Crippen LogP contribution in [0, 0.1) is 5.82 Å². The third kappa shape index (κ3) is 4.81. The van der Waals surface area contributed by atoms with Crippen molar-refractivity contribution in [3.8, 4) is 5.75 Å². The minimum Gasteiger partial charge on any atom is -0.484 e. The molecule has 32 heavy (non-hydrogen) atoms. The number of carbonyl (C=O) groups is 3. The molecule has 1 aliphatic rings. The molecule has 8 heteroatoms. The quantitative estimate of drug-likeness (QED) is 0.463. The lowest BCUT2D eigenvalue weighted by molar-refractivity contribution is -0.118. The number of nitrogens with one attached hydrogen (secondary N) is 2. The molecule has 160 valence electrons. The number of hydrogen-bond acceptors (Lipinski definition) is 4. The number of hydrazine groups is 1. The molecule has 1 heterocycles. The summed E-state index contributed by atoms with van der Waals surface area (Å²) in [5.41, 5.74) is 3.95. The zero-order chi connectivity index (χ0) is 22.5. The molecule has 1 aliphatic heterocycles. The molecular formula is C24H18FN3O4. The summed E-state index contributed by atoms with van der Waals surface area (Å²) in [6.45, 7) is -0.294. The summed E-state index contributed by atoms with van der Waals surface area (Å²) in [5, 5.41) is 3.73. The van der Waals surface area contributed by atoms with Crippen LogP contribution in [0.25, 0.3) is 6.08 Å². The van der Waals surface area contributed by atoms with Crippen molar-refractivity contribution >= 4 is 35.2 Å². The van der Waals surface area contributed by atoms with Crippen molar-refractivity contribution < 1.29 is 23.5 Å². The highest BCUT2D eigenvalue weighted by molar-refractivity contribution is 6.31. The first-order valence-corrected chi connectivity index (χ1v) is 9.70. The monoisotopic (exact) mass is 431 g/mol. The number of anilines is 2. The first kappa shape index (κ1) is 20.8. The second-order valence-electron chi connectivity index (χ2n) is 6.89. The average Bonchev–Trinajstić information content (AvgIpc) is 3.07. The Labute approximate surface area is 183 Å². The fourth-order valence-corrected chi connectivity index (χ4v) is 3.09. The van der Waals surface area contributed by atoms with Crippen LogP contribution in [0.15, 0.2) is 84.4 Å². The van der Waals surface area contributed by atoms with Gasteiger partial charge in [-0.05, 0) is 54.1 Å². The number of halogens is 1. The van der Waals surface area contributed by atoms with Crippen LogP contribution < -0.4 is 20.5 Å². The maximum atomic E-state index is 13.2. The van der Waals surface area contributed by atoms with Crippen molar-refractivity contribution in [2.24, 2.45) is 0 Å². The molecule has 3 aromatic rings. The predicted octanol–water partition coefficient (Wildman–Crippen LogP) is 3.30. The second-order valence-corrected chi connectivity index (χ2v) is 6.89. The number of rotatable bonds is 6. The zero-order valence-corrected chi connectivity index (χ0v) is 16.7. The van der Waals surface area contributed by atoms with Gasteiger partial charge in [-0.25, -0.2) is 9.40 Å². The minimum atomic E-state index is -0.514. The van der Waals surface area contributed by atoms with Crippen LogP contribution in [-0.2, 0) is 14.4 Å². The van der Waals surface area contributed by atoms with Crippen LogP contribution in [0.1, 0.15) is 5.56 Å². The third-order valence-electron chi connectivity index (χ3n) is 4.55. The highest BCUT2D eigenvalue weighted by atomic mass is 19.1. The van der Waals surface area contributed by atoms with Gasteiger partial charge in [0.2, 0.25) is 0 Å². The molecule has 3 amide bonds. The van der Waals surface area contributed by atoms with E-state index in [-0.39, 0.29) is 12.2 Å². The van der Waals surface area contributed by atoms with E-state index in [1.54, 1.807) is 54.6 Å². The standard InChI is InChI=1S/C24H18FN3O4/c25-17-7-5-8-18(14-17)26-22(29)15-32-20-11-4-6-16(12-20)13-21-23(30)27-28(24(21)31)19-9-2-1-3-10-19/h1-14H,15H2,(H,26,29)(H,27,30)/b21-13-. The topological polar surface area (TPSA) is 87.7 Å². The lowest BCUT2D eigenvalue weighted by Crippen LogP contribution is -2.35. The zero-order valence-electron chi connectivity index (χ0n) is 16.7. The Balaban J connectivity index is 1.42. The van der Waals surface area contributed by atoms with E-state index in [1.165, 1.54) is 29.3 Å². The van der Waals surface area contributed by atoms with Gasteiger partial charge < -0.3 is 10.1 Å². The largest absolute Gasteiger partial charge is 0.484 e. The van der Waals surface area contributed by atoms with E-state index < -0.39 is 23.5 Å². The van der Waals surface area contributed by atoms with Crippen LogP contribution >= 0.6 is 0 Å². The normalized spacial score (nSPS) is 14.4. The van der Waals surface area contributed by atoms with E-state index in [4.69, 9.17) is 4.74 Å². The van der Waals surface area contributed by atoms with Crippen LogP contribution in [0.5, 0.6) is 5.75 Å². The Morgan fingerprint density at radius 2 is 1.78 bits per heavy atom. The predicted molar refractivity (Wildman–Crippen MR) is 117 cm³/mol. The van der Waals surface area contributed by atoms with Crippen molar-refractivity contribution in [2.75, 3.05) is 16.9 Å². The summed E-state index contributed by atoms with van der Waals surface area (Å²) in [6.07, 6.45) is 1.46. The molecular weight excluding hydrogens is 413 g/mol. The van der Waals surface area contributed by atoms with Crippen molar-refractivity contribution in [2.45, 2.75) is 0 Å². The average molecular weight is 431 g/mol. The lowest BCUT2D eigenvalue weighted by atomic mass is 10.1. The Morgan fingerprint density at radius 1 is 1.00 bits per heavy atom. The van der Waals surface area contributed by atoms with Crippen molar-refractivity contribution in [1.29, 1.82) is 0 Å². The fraction of sp³-hybridized carbons (Fsp3) is 0.0417. The molecule has 3 aromatic carbocycles. The van der Waals surface area contributed by atoms with Crippen LogP contribution in [0.4, 0.5) is 15.8 Å². The molecule has 0 bridgehead atoms. The molecule has 0 saturated carbocycles. The Hall–Kier alpha value is -4.46. The maximum Gasteiger partial charge on any atom is 0.282 e. The number of carbonyl (C=O) groups excluding carboxylic acids is 3. The molecule has 0 aliphatic carbocycles. The van der Waals surface area contributed by atoms with E-state index in [0.29, 0.717) is 22.7 Å². The van der Waals surface area contributed by atoms with E-state index in [2.05, 4.69) is 10.7 Å². The maximum absolute atomic E-state index is 13.2. The molecule has 0 spiro atoms. The second kappa shape index (κ2) is 9.13.